The molecule has 4 aromatic rings. The van der Waals surface area contributed by atoms with Crippen LogP contribution in [-0.2, 0) is 19.6 Å². The summed E-state index contributed by atoms with van der Waals surface area (Å²) in [6, 6.07) is 8.59. The van der Waals surface area contributed by atoms with E-state index >= 15 is 0 Å². The Balaban J connectivity index is 1.46. The second-order valence-electron chi connectivity index (χ2n) is 9.53. The summed E-state index contributed by atoms with van der Waals surface area (Å²) in [6.45, 7) is 2.46. The number of nitrogens with zero attached hydrogens (tertiary/aromatic N) is 5. The summed E-state index contributed by atoms with van der Waals surface area (Å²) < 4.78 is 70.8. The maximum Gasteiger partial charge on any atom is 0.419 e. The molecule has 1 saturated heterocycles. The Kier molecular flexibility index (Phi) is 7.03. The van der Waals surface area contributed by atoms with Gasteiger partial charge < -0.3 is 4.90 Å². The van der Waals surface area contributed by atoms with E-state index in [-0.39, 0.29) is 11.1 Å². The summed E-state index contributed by atoms with van der Waals surface area (Å²) >= 11 is 1.21. The SMILES string of the molecule is Cc1c(F)c(-c2nn(C)c3nc(N4CCCC(Cc5cccc(SN)c5)C4)ncc23)cc(C(F)(F)F)c1F. The van der Waals surface area contributed by atoms with E-state index in [9.17, 15) is 22.0 Å². The zero-order valence-electron chi connectivity index (χ0n) is 20.7. The van der Waals surface area contributed by atoms with Crippen molar-refractivity contribution < 1.29 is 22.0 Å². The first-order valence-electron chi connectivity index (χ1n) is 12.0. The third-order valence-electron chi connectivity index (χ3n) is 6.91. The summed E-state index contributed by atoms with van der Waals surface area (Å²) in [5, 5.41) is 10.2. The topological polar surface area (TPSA) is 72.9 Å². The molecule has 0 bridgehead atoms. The lowest BCUT2D eigenvalue weighted by atomic mass is 9.91. The van der Waals surface area contributed by atoms with Crippen molar-refractivity contribution in [3.63, 3.8) is 0 Å². The van der Waals surface area contributed by atoms with Gasteiger partial charge in [-0.15, -0.1) is 0 Å². The Bertz CT molecular complexity index is 1500. The minimum absolute atomic E-state index is 0.0747. The van der Waals surface area contributed by atoms with Crippen LogP contribution < -0.4 is 10.0 Å². The van der Waals surface area contributed by atoms with Crippen LogP contribution in [0.15, 0.2) is 41.4 Å². The molecule has 38 heavy (non-hydrogen) atoms. The van der Waals surface area contributed by atoms with Crippen LogP contribution in [0.4, 0.5) is 27.9 Å². The minimum Gasteiger partial charge on any atom is -0.340 e. The number of benzene rings is 2. The monoisotopic (exact) mass is 548 g/mol. The molecular weight excluding hydrogens is 523 g/mol. The van der Waals surface area contributed by atoms with Crippen LogP contribution >= 0.6 is 11.9 Å². The lowest BCUT2D eigenvalue weighted by molar-refractivity contribution is -0.140. The third kappa shape index (κ3) is 4.94. The fourth-order valence-corrected chi connectivity index (χ4v) is 5.40. The number of halogens is 5. The molecule has 1 fully saturated rings. The van der Waals surface area contributed by atoms with Crippen LogP contribution in [0.1, 0.15) is 29.5 Å². The average molecular weight is 549 g/mol. The van der Waals surface area contributed by atoms with Crippen LogP contribution in [0.5, 0.6) is 0 Å². The molecule has 0 aliphatic carbocycles. The molecule has 0 spiro atoms. The van der Waals surface area contributed by atoms with Gasteiger partial charge in [-0.25, -0.2) is 18.4 Å². The fraction of sp³-hybridized carbons (Fsp3) is 0.346. The standard InChI is InChI=1S/C26H25F5N6S/c1-14-21(27)18(11-20(22(14)28)26(29,30)31)23-19-12-33-25(34-24(19)36(2)35-23)37-8-4-6-16(13-37)9-15-5-3-7-17(10-15)38-32/h3,5,7,10-12,16H,4,6,8-9,13,32H2,1-2H3. The van der Waals surface area contributed by atoms with E-state index in [1.54, 1.807) is 7.05 Å². The summed E-state index contributed by atoms with van der Waals surface area (Å²) in [5.74, 6) is -1.89. The van der Waals surface area contributed by atoms with Crippen molar-refractivity contribution in [2.24, 2.45) is 18.1 Å². The van der Waals surface area contributed by atoms with Gasteiger partial charge in [-0.1, -0.05) is 12.1 Å². The number of nitrogens with two attached hydrogens (primary N) is 1. The van der Waals surface area contributed by atoms with Gasteiger partial charge in [-0.05, 0) is 67.8 Å². The smallest absolute Gasteiger partial charge is 0.340 e. The first-order valence-corrected chi connectivity index (χ1v) is 12.9. The van der Waals surface area contributed by atoms with Gasteiger partial charge in [0.1, 0.15) is 17.3 Å². The Morgan fingerprint density at radius 1 is 1.16 bits per heavy atom. The number of aromatic nitrogens is 4. The molecule has 1 aliphatic heterocycles. The number of rotatable bonds is 5. The Labute approximate surface area is 220 Å². The average Bonchev–Trinajstić information content (AvgIpc) is 3.22. The van der Waals surface area contributed by atoms with Gasteiger partial charge in [0, 0.05) is 42.4 Å². The van der Waals surface area contributed by atoms with Crippen molar-refractivity contribution in [2.45, 2.75) is 37.3 Å². The second-order valence-corrected chi connectivity index (χ2v) is 10.2. The number of piperidine rings is 1. The maximum absolute atomic E-state index is 15.0. The predicted octanol–water partition coefficient (Wildman–Crippen LogP) is 6.06. The van der Waals surface area contributed by atoms with Crippen LogP contribution in [0.2, 0.25) is 0 Å². The molecule has 6 nitrogen and oxygen atoms in total. The lowest BCUT2D eigenvalue weighted by Crippen LogP contribution is -2.37. The molecule has 5 rings (SSSR count). The number of fused-ring (bicyclic) bond motifs is 1. The molecule has 0 amide bonds. The molecule has 1 atom stereocenters. The largest absolute Gasteiger partial charge is 0.419 e. The van der Waals surface area contributed by atoms with Crippen molar-refractivity contribution in [1.82, 2.24) is 19.7 Å². The molecule has 12 heteroatoms. The molecular formula is C26H25F5N6S. The zero-order valence-corrected chi connectivity index (χ0v) is 21.5. The molecule has 2 aromatic heterocycles. The van der Waals surface area contributed by atoms with Crippen molar-refractivity contribution >= 4 is 28.9 Å². The van der Waals surface area contributed by atoms with Crippen LogP contribution in [-0.4, -0.2) is 32.8 Å². The number of hydrogen-bond donors (Lipinski definition) is 1. The van der Waals surface area contributed by atoms with Gasteiger partial charge >= 0.3 is 6.18 Å². The highest BCUT2D eigenvalue weighted by atomic mass is 32.2. The molecule has 1 aliphatic rings. The number of anilines is 1. The van der Waals surface area contributed by atoms with E-state index in [1.165, 1.54) is 28.4 Å². The van der Waals surface area contributed by atoms with Gasteiger partial charge in [-0.2, -0.15) is 23.3 Å². The predicted molar refractivity (Wildman–Crippen MR) is 137 cm³/mol. The second kappa shape index (κ2) is 10.1. The van der Waals surface area contributed by atoms with E-state index in [4.69, 9.17) is 5.14 Å². The Morgan fingerprint density at radius 3 is 2.68 bits per heavy atom. The summed E-state index contributed by atoms with van der Waals surface area (Å²) in [7, 11) is 1.57. The van der Waals surface area contributed by atoms with Crippen molar-refractivity contribution in [1.29, 1.82) is 0 Å². The fourth-order valence-electron chi connectivity index (χ4n) is 5.02. The quantitative estimate of drug-likeness (QED) is 0.242. The van der Waals surface area contributed by atoms with Gasteiger partial charge in [0.25, 0.3) is 0 Å². The Morgan fingerprint density at radius 2 is 1.95 bits per heavy atom. The summed E-state index contributed by atoms with van der Waals surface area (Å²) in [6.07, 6.45) is -0.654. The lowest BCUT2D eigenvalue weighted by Gasteiger charge is -2.33. The van der Waals surface area contributed by atoms with E-state index in [1.807, 2.05) is 12.1 Å². The van der Waals surface area contributed by atoms with Gasteiger partial charge in [-0.3, -0.25) is 5.14 Å². The normalized spacial score (nSPS) is 16.4. The highest BCUT2D eigenvalue weighted by molar-refractivity contribution is 7.97. The zero-order chi connectivity index (χ0) is 27.2. The minimum atomic E-state index is -4.99. The number of alkyl halides is 3. The first kappa shape index (κ1) is 26.4. The number of hydrogen-bond acceptors (Lipinski definition) is 6. The van der Waals surface area contributed by atoms with Crippen molar-refractivity contribution in [3.05, 3.63) is 64.9 Å². The van der Waals surface area contributed by atoms with E-state index in [2.05, 4.69) is 32.1 Å². The molecule has 2 aromatic carbocycles. The molecule has 0 saturated carbocycles. The van der Waals surface area contributed by atoms with Crippen molar-refractivity contribution in [2.75, 3.05) is 18.0 Å². The summed E-state index contributed by atoms with van der Waals surface area (Å²) in [5.41, 5.74) is -1.24. The van der Waals surface area contributed by atoms with Gasteiger partial charge in [0.15, 0.2) is 5.65 Å². The third-order valence-corrected chi connectivity index (χ3v) is 7.44. The van der Waals surface area contributed by atoms with Crippen molar-refractivity contribution in [3.8, 4) is 11.3 Å². The van der Waals surface area contributed by atoms with Gasteiger partial charge in [0.05, 0.1) is 10.9 Å². The highest BCUT2D eigenvalue weighted by Gasteiger charge is 2.37. The maximum atomic E-state index is 15.0. The highest BCUT2D eigenvalue weighted by Crippen LogP contribution is 2.39. The first-order chi connectivity index (χ1) is 18.1. The van der Waals surface area contributed by atoms with Crippen LogP contribution in [0.25, 0.3) is 22.3 Å². The van der Waals surface area contributed by atoms with E-state index < -0.39 is 34.5 Å². The summed E-state index contributed by atoms with van der Waals surface area (Å²) in [4.78, 5) is 12.2. The molecule has 200 valence electrons. The van der Waals surface area contributed by atoms with E-state index in [0.717, 1.165) is 44.2 Å². The van der Waals surface area contributed by atoms with E-state index in [0.29, 0.717) is 23.6 Å². The molecule has 1 unspecified atom stereocenters. The molecule has 3 heterocycles. The number of aryl methyl sites for hydroxylation is 1. The molecule has 2 N–H and O–H groups in total. The van der Waals surface area contributed by atoms with Gasteiger partial charge in [0.2, 0.25) is 5.95 Å². The van der Waals surface area contributed by atoms with Crippen LogP contribution in [0.3, 0.4) is 0 Å². The van der Waals surface area contributed by atoms with Crippen LogP contribution in [0, 0.1) is 24.5 Å². The molecule has 0 radical (unpaired) electrons. The Hall–Kier alpha value is -3.25.